The summed E-state index contributed by atoms with van der Waals surface area (Å²) in [6.45, 7) is 2.77. The number of aliphatic hydroxyl groups excluding tert-OH is 1. The third-order valence-electron chi connectivity index (χ3n) is 2.43. The summed E-state index contributed by atoms with van der Waals surface area (Å²) >= 11 is 6.29. The van der Waals surface area contributed by atoms with Crippen LogP contribution in [0.4, 0.5) is 0 Å². The van der Waals surface area contributed by atoms with Crippen molar-refractivity contribution in [1.29, 1.82) is 0 Å². The smallest absolute Gasteiger partial charge is 0.157 e. The highest BCUT2D eigenvalue weighted by Gasteiger charge is 2.12. The van der Waals surface area contributed by atoms with Gasteiger partial charge < -0.3 is 19.3 Å². The van der Waals surface area contributed by atoms with Crippen LogP contribution in [0.1, 0.15) is 32.1 Å². The molecule has 1 unspecified atom stereocenters. The van der Waals surface area contributed by atoms with Crippen LogP contribution in [0.3, 0.4) is 0 Å². The molecule has 2 heterocycles. The Labute approximate surface area is 139 Å². The second-order valence-electron chi connectivity index (χ2n) is 4.15. The van der Waals surface area contributed by atoms with Gasteiger partial charge >= 0.3 is 0 Å². The third-order valence-corrected chi connectivity index (χ3v) is 3.11. The van der Waals surface area contributed by atoms with E-state index in [2.05, 4.69) is 31.9 Å². The van der Waals surface area contributed by atoms with E-state index in [9.17, 15) is 0 Å². The van der Waals surface area contributed by atoms with E-state index in [-0.39, 0.29) is 12.9 Å². The Morgan fingerprint density at radius 3 is 2.30 bits per heavy atom. The molecule has 0 aromatic heterocycles. The minimum atomic E-state index is 0.0753. The number of ether oxygens (including phenoxy) is 3. The quantitative estimate of drug-likeness (QED) is 0.709. The van der Waals surface area contributed by atoms with Crippen molar-refractivity contribution in [1.82, 2.24) is 0 Å². The van der Waals surface area contributed by atoms with Gasteiger partial charge in [-0.3, -0.25) is 0 Å². The van der Waals surface area contributed by atoms with Crippen molar-refractivity contribution in [2.24, 2.45) is 0 Å². The highest BCUT2D eigenvalue weighted by molar-refractivity contribution is 9.09. The fourth-order valence-electron chi connectivity index (χ4n) is 1.51. The van der Waals surface area contributed by atoms with E-state index >= 15 is 0 Å². The SMILES string of the molecule is BrCCOC1CCCCO1.C1=COCCC1.OCCBr. The van der Waals surface area contributed by atoms with Crippen LogP contribution >= 0.6 is 31.9 Å². The van der Waals surface area contributed by atoms with E-state index in [1.807, 2.05) is 6.08 Å². The molecule has 1 fully saturated rings. The zero-order valence-electron chi connectivity index (χ0n) is 11.9. The number of rotatable bonds is 4. The normalized spacial score (nSPS) is 20.9. The molecule has 20 heavy (non-hydrogen) atoms. The Morgan fingerprint density at radius 1 is 1.15 bits per heavy atom. The van der Waals surface area contributed by atoms with Gasteiger partial charge in [-0.2, -0.15) is 0 Å². The molecule has 1 atom stereocenters. The predicted octanol–water partition coefficient (Wildman–Crippen LogP) is 3.61. The van der Waals surface area contributed by atoms with Crippen molar-refractivity contribution in [2.45, 2.75) is 38.4 Å². The molecule has 120 valence electrons. The highest BCUT2D eigenvalue weighted by atomic mass is 79.9. The maximum atomic E-state index is 7.83. The lowest BCUT2D eigenvalue weighted by Gasteiger charge is -2.22. The molecule has 0 aromatic carbocycles. The molecule has 0 bridgehead atoms. The summed E-state index contributed by atoms with van der Waals surface area (Å²) in [5.74, 6) is 0. The van der Waals surface area contributed by atoms with Gasteiger partial charge in [0, 0.05) is 17.3 Å². The third kappa shape index (κ3) is 14.8. The van der Waals surface area contributed by atoms with Crippen LogP contribution in [0.15, 0.2) is 12.3 Å². The van der Waals surface area contributed by atoms with Gasteiger partial charge in [-0.05, 0) is 38.2 Å². The van der Waals surface area contributed by atoms with E-state index < -0.39 is 0 Å². The summed E-state index contributed by atoms with van der Waals surface area (Å²) < 4.78 is 15.6. The van der Waals surface area contributed by atoms with Crippen molar-refractivity contribution >= 4 is 31.9 Å². The highest BCUT2D eigenvalue weighted by Crippen LogP contribution is 2.13. The van der Waals surface area contributed by atoms with Gasteiger partial charge in [-0.1, -0.05) is 31.9 Å². The molecule has 0 saturated carbocycles. The first kappa shape index (κ1) is 20.4. The van der Waals surface area contributed by atoms with Gasteiger partial charge in [-0.15, -0.1) is 0 Å². The summed E-state index contributed by atoms with van der Waals surface area (Å²) in [5.41, 5.74) is 0. The molecule has 2 aliphatic rings. The van der Waals surface area contributed by atoms with Crippen LogP contribution in [-0.2, 0) is 14.2 Å². The number of hydrogen-bond donors (Lipinski definition) is 1. The molecule has 4 nitrogen and oxygen atoms in total. The molecule has 0 radical (unpaired) electrons. The summed E-state index contributed by atoms with van der Waals surface area (Å²) in [6, 6.07) is 0. The molecule has 6 heteroatoms. The van der Waals surface area contributed by atoms with Gasteiger partial charge in [0.1, 0.15) is 0 Å². The number of allylic oxidation sites excluding steroid dienone is 1. The van der Waals surface area contributed by atoms with Crippen molar-refractivity contribution in [3.63, 3.8) is 0 Å². The number of halogens is 2. The van der Waals surface area contributed by atoms with Crippen LogP contribution in [0, 0.1) is 0 Å². The molecule has 1 N–H and O–H groups in total. The first-order valence-corrected chi connectivity index (χ1v) is 9.32. The van der Waals surface area contributed by atoms with E-state index in [0.29, 0.717) is 5.33 Å². The summed E-state index contributed by atoms with van der Waals surface area (Å²) in [7, 11) is 0. The van der Waals surface area contributed by atoms with Crippen LogP contribution in [0.5, 0.6) is 0 Å². The lowest BCUT2D eigenvalue weighted by molar-refractivity contribution is -0.158. The second-order valence-corrected chi connectivity index (χ2v) is 5.74. The van der Waals surface area contributed by atoms with Gasteiger partial charge in [0.2, 0.25) is 0 Å². The van der Waals surface area contributed by atoms with E-state index in [1.54, 1.807) is 6.26 Å². The first-order chi connectivity index (χ1) is 9.85. The molecule has 0 amide bonds. The maximum absolute atomic E-state index is 7.83. The predicted molar refractivity (Wildman–Crippen MR) is 88.5 cm³/mol. The number of aliphatic hydroxyl groups is 1. The van der Waals surface area contributed by atoms with Crippen molar-refractivity contribution in [2.75, 3.05) is 37.1 Å². The first-order valence-electron chi connectivity index (χ1n) is 7.07. The summed E-state index contributed by atoms with van der Waals surface area (Å²) in [4.78, 5) is 0. The summed E-state index contributed by atoms with van der Waals surface area (Å²) in [6.07, 6.45) is 9.77. The van der Waals surface area contributed by atoms with Crippen LogP contribution in [0.25, 0.3) is 0 Å². The van der Waals surface area contributed by atoms with E-state index in [4.69, 9.17) is 19.3 Å². The Morgan fingerprint density at radius 2 is 1.95 bits per heavy atom. The van der Waals surface area contributed by atoms with Crippen molar-refractivity contribution in [3.8, 4) is 0 Å². The van der Waals surface area contributed by atoms with Crippen molar-refractivity contribution < 1.29 is 19.3 Å². The van der Waals surface area contributed by atoms with Crippen LogP contribution < -0.4 is 0 Å². The zero-order chi connectivity index (χ0) is 14.9. The Balaban J connectivity index is 0.000000307. The Kier molecular flexibility index (Phi) is 17.8. The maximum Gasteiger partial charge on any atom is 0.157 e. The van der Waals surface area contributed by atoms with Gasteiger partial charge in [0.15, 0.2) is 6.29 Å². The monoisotopic (exact) mass is 416 g/mol. The average molecular weight is 418 g/mol. The van der Waals surface area contributed by atoms with E-state index in [0.717, 1.165) is 31.6 Å². The fourth-order valence-corrected chi connectivity index (χ4v) is 1.69. The van der Waals surface area contributed by atoms with Crippen LogP contribution in [0.2, 0.25) is 0 Å². The molecule has 0 aliphatic carbocycles. The number of alkyl halides is 2. The molecule has 0 spiro atoms. The van der Waals surface area contributed by atoms with Gasteiger partial charge in [0.05, 0.1) is 26.1 Å². The standard InChI is InChI=1S/C7H13BrO2.C5H8O.C2H5BrO/c8-4-6-10-7-3-1-2-5-9-7;1-2-4-6-5-3-1;3-1-2-4/h7H,1-6H2;2,4H,1,3,5H2;4H,1-2H2. The Bertz CT molecular complexity index is 199. The fraction of sp³-hybridized carbons (Fsp3) is 0.857. The molecule has 0 aromatic rings. The minimum Gasteiger partial charge on any atom is -0.502 e. The molecular formula is C14H26Br2O4. The number of hydrogen-bond acceptors (Lipinski definition) is 4. The van der Waals surface area contributed by atoms with E-state index in [1.165, 1.54) is 25.7 Å². The largest absolute Gasteiger partial charge is 0.502 e. The topological polar surface area (TPSA) is 47.9 Å². The van der Waals surface area contributed by atoms with Crippen molar-refractivity contribution in [3.05, 3.63) is 12.3 Å². The average Bonchev–Trinajstić information content (AvgIpc) is 2.56. The second kappa shape index (κ2) is 17.4. The molecular weight excluding hydrogens is 392 g/mol. The minimum absolute atomic E-state index is 0.0753. The lowest BCUT2D eigenvalue weighted by atomic mass is 10.2. The van der Waals surface area contributed by atoms with Crippen LogP contribution in [-0.4, -0.2) is 48.5 Å². The summed E-state index contributed by atoms with van der Waals surface area (Å²) in [5, 5.41) is 9.41. The molecule has 2 aliphatic heterocycles. The molecule has 1 saturated heterocycles. The molecule has 2 rings (SSSR count). The Hall–Kier alpha value is 0.380. The van der Waals surface area contributed by atoms with Gasteiger partial charge in [-0.25, -0.2) is 0 Å². The zero-order valence-corrected chi connectivity index (χ0v) is 15.1. The lowest BCUT2D eigenvalue weighted by Crippen LogP contribution is -2.22. The van der Waals surface area contributed by atoms with Gasteiger partial charge in [0.25, 0.3) is 0 Å².